The number of fused-ring (bicyclic) bond motifs is 6. The Morgan fingerprint density at radius 2 is 0.976 bits per heavy atom. The summed E-state index contributed by atoms with van der Waals surface area (Å²) in [5.74, 6) is 3.62. The van der Waals surface area contributed by atoms with Crippen molar-refractivity contribution >= 4 is 40.2 Å². The lowest BCUT2D eigenvalue weighted by atomic mass is 9.35. The minimum absolute atomic E-state index is 0.0624. The Hall–Kier alpha value is -5.22. The van der Waals surface area contributed by atoms with Crippen molar-refractivity contribution in [1.82, 2.24) is 0 Å². The first-order chi connectivity index (χ1) is 20.3. The first-order valence-electron chi connectivity index (χ1n) is 14.1. The zero-order valence-electron chi connectivity index (χ0n) is 22.2. The van der Waals surface area contributed by atoms with Crippen LogP contribution in [0.4, 0.5) is 17.1 Å². The maximum atomic E-state index is 6.63. The molecule has 0 fully saturated rings. The van der Waals surface area contributed by atoms with Gasteiger partial charge in [0, 0.05) is 23.5 Å². The first-order valence-corrected chi connectivity index (χ1v) is 14.1. The third-order valence-electron chi connectivity index (χ3n) is 8.65. The summed E-state index contributed by atoms with van der Waals surface area (Å²) in [6.45, 7) is 0.0624. The van der Waals surface area contributed by atoms with Crippen molar-refractivity contribution in [3.8, 4) is 23.0 Å². The fraction of sp³-hybridized carbons (Fsp3) is 0.0270. The van der Waals surface area contributed by atoms with Crippen LogP contribution in [0.3, 0.4) is 0 Å². The maximum absolute atomic E-state index is 6.63. The predicted molar refractivity (Wildman–Crippen MR) is 166 cm³/mol. The summed E-state index contributed by atoms with van der Waals surface area (Å²) in [5.41, 5.74) is 10.6. The molecule has 0 aromatic heterocycles. The van der Waals surface area contributed by atoms with Crippen LogP contribution in [-0.2, 0) is 0 Å². The molecule has 3 aliphatic rings. The van der Waals surface area contributed by atoms with E-state index in [0.717, 1.165) is 45.5 Å². The van der Waals surface area contributed by atoms with E-state index in [9.17, 15) is 0 Å². The van der Waals surface area contributed by atoms with Crippen molar-refractivity contribution in [1.29, 1.82) is 0 Å². The van der Waals surface area contributed by atoms with Crippen LogP contribution in [0.2, 0.25) is 0 Å². The van der Waals surface area contributed by atoms with Crippen molar-refractivity contribution < 1.29 is 9.47 Å². The lowest BCUT2D eigenvalue weighted by Gasteiger charge is -2.39. The molecule has 0 radical (unpaired) electrons. The lowest BCUT2D eigenvalue weighted by molar-refractivity contribution is 0.465. The molecule has 3 nitrogen and oxygen atoms in total. The predicted octanol–water partition coefficient (Wildman–Crippen LogP) is 7.38. The van der Waals surface area contributed by atoms with Gasteiger partial charge in [-0.1, -0.05) is 103 Å². The van der Waals surface area contributed by atoms with Crippen molar-refractivity contribution in [2.45, 2.75) is 5.92 Å². The molecule has 192 valence electrons. The van der Waals surface area contributed by atoms with E-state index in [-0.39, 0.29) is 12.6 Å². The molecule has 3 heterocycles. The first kappa shape index (κ1) is 22.6. The molecule has 3 aliphatic heterocycles. The van der Waals surface area contributed by atoms with Crippen LogP contribution in [0.1, 0.15) is 22.6 Å². The molecule has 0 spiro atoms. The van der Waals surface area contributed by atoms with Crippen LogP contribution in [0.25, 0.3) is 0 Å². The van der Waals surface area contributed by atoms with Gasteiger partial charge >= 0.3 is 0 Å². The van der Waals surface area contributed by atoms with Gasteiger partial charge in [0.2, 0.25) is 0 Å². The minimum atomic E-state index is 0.0624. The molecular weight excluding hydrogens is 501 g/mol. The summed E-state index contributed by atoms with van der Waals surface area (Å²) < 4.78 is 13.3. The number of benzene rings is 6. The summed E-state index contributed by atoms with van der Waals surface area (Å²) in [4.78, 5) is 2.36. The molecule has 41 heavy (non-hydrogen) atoms. The summed E-state index contributed by atoms with van der Waals surface area (Å²) in [6.07, 6.45) is 0. The van der Waals surface area contributed by atoms with Gasteiger partial charge in [0.05, 0.1) is 17.1 Å². The second kappa shape index (κ2) is 8.64. The van der Waals surface area contributed by atoms with Gasteiger partial charge in [-0.25, -0.2) is 0 Å². The van der Waals surface area contributed by atoms with E-state index in [1.807, 2.05) is 12.1 Å². The molecule has 0 aliphatic carbocycles. The highest BCUT2D eigenvalue weighted by molar-refractivity contribution is 6.98. The molecule has 0 atom stereocenters. The van der Waals surface area contributed by atoms with E-state index in [1.54, 1.807) is 0 Å². The molecular formula is C37H24BNO2. The number of ether oxygens (including phenoxy) is 2. The van der Waals surface area contributed by atoms with Gasteiger partial charge in [-0.05, 0) is 51.9 Å². The van der Waals surface area contributed by atoms with Gasteiger partial charge in [0.1, 0.15) is 23.0 Å². The lowest BCUT2D eigenvalue weighted by Crippen LogP contribution is -2.57. The molecule has 0 amide bonds. The average molecular weight is 525 g/mol. The molecule has 0 saturated carbocycles. The molecule has 9 rings (SSSR count). The molecule has 0 bridgehead atoms. The number of hydrogen-bond donors (Lipinski definition) is 0. The van der Waals surface area contributed by atoms with E-state index < -0.39 is 0 Å². The minimum Gasteiger partial charge on any atom is -0.458 e. The third-order valence-corrected chi connectivity index (χ3v) is 8.65. The second-order valence-corrected chi connectivity index (χ2v) is 10.9. The van der Waals surface area contributed by atoms with E-state index in [4.69, 9.17) is 9.47 Å². The van der Waals surface area contributed by atoms with Crippen LogP contribution in [-0.4, -0.2) is 6.71 Å². The topological polar surface area (TPSA) is 21.7 Å². The van der Waals surface area contributed by atoms with Gasteiger partial charge in [-0.15, -0.1) is 0 Å². The molecule has 6 aromatic carbocycles. The van der Waals surface area contributed by atoms with Crippen LogP contribution < -0.4 is 30.8 Å². The molecule has 4 heteroatoms. The fourth-order valence-corrected chi connectivity index (χ4v) is 6.96. The van der Waals surface area contributed by atoms with E-state index >= 15 is 0 Å². The van der Waals surface area contributed by atoms with Gasteiger partial charge < -0.3 is 14.4 Å². The highest BCUT2D eigenvalue weighted by Gasteiger charge is 2.41. The van der Waals surface area contributed by atoms with Crippen molar-refractivity contribution in [2.24, 2.45) is 0 Å². The Balaban J connectivity index is 1.28. The molecule has 6 aromatic rings. The fourth-order valence-electron chi connectivity index (χ4n) is 6.96. The van der Waals surface area contributed by atoms with E-state index in [1.165, 1.54) is 27.6 Å². The quantitative estimate of drug-likeness (QED) is 0.220. The summed E-state index contributed by atoms with van der Waals surface area (Å²) in [6, 6.07) is 49.4. The zero-order chi connectivity index (χ0) is 26.9. The van der Waals surface area contributed by atoms with E-state index in [2.05, 4.69) is 132 Å². The molecule has 0 saturated heterocycles. The number of hydrogen-bond acceptors (Lipinski definition) is 3. The molecule has 0 N–H and O–H groups in total. The van der Waals surface area contributed by atoms with Crippen molar-refractivity contribution in [3.05, 3.63) is 156 Å². The average Bonchev–Trinajstić information content (AvgIpc) is 3.03. The number of anilines is 3. The number of para-hydroxylation sites is 4. The summed E-state index contributed by atoms with van der Waals surface area (Å²) in [7, 11) is 0. The SMILES string of the molecule is c1ccc(C2c3ccccc3N(c3cc4c5c(c3)Oc3ccccc3B5c3ccccc3O4)c3ccccc32)cc1. The van der Waals surface area contributed by atoms with Crippen molar-refractivity contribution in [2.75, 3.05) is 4.90 Å². The van der Waals surface area contributed by atoms with Gasteiger partial charge in [-0.2, -0.15) is 0 Å². The Kier molecular flexibility index (Phi) is 4.76. The van der Waals surface area contributed by atoms with Gasteiger partial charge in [-0.3, -0.25) is 0 Å². The highest BCUT2D eigenvalue weighted by atomic mass is 16.5. The normalized spacial score (nSPS) is 14.0. The Morgan fingerprint density at radius 1 is 0.488 bits per heavy atom. The zero-order valence-corrected chi connectivity index (χ0v) is 22.2. The third kappa shape index (κ3) is 3.28. The summed E-state index contributed by atoms with van der Waals surface area (Å²) in [5, 5.41) is 0. The summed E-state index contributed by atoms with van der Waals surface area (Å²) >= 11 is 0. The van der Waals surface area contributed by atoms with Crippen molar-refractivity contribution in [3.63, 3.8) is 0 Å². The van der Waals surface area contributed by atoms with Crippen LogP contribution in [0.5, 0.6) is 23.0 Å². The smallest absolute Gasteiger partial charge is 0.260 e. The molecule has 0 unspecified atom stereocenters. The maximum Gasteiger partial charge on any atom is 0.260 e. The van der Waals surface area contributed by atoms with E-state index in [0.29, 0.717) is 0 Å². The standard InChI is InChI=1S/C37H24BNO2/c1-2-12-24(13-3-1)36-26-14-4-8-18-30(26)39(31-19-9-5-15-27(31)36)25-22-34-37-35(23-25)41-33-21-11-7-17-29(33)38(37)28-16-6-10-20-32(28)40-34/h1-23,36H. The Labute approximate surface area is 239 Å². The van der Waals surface area contributed by atoms with Crippen LogP contribution in [0.15, 0.2) is 140 Å². The van der Waals surface area contributed by atoms with Gasteiger partial charge in [0.25, 0.3) is 6.71 Å². The largest absolute Gasteiger partial charge is 0.458 e. The van der Waals surface area contributed by atoms with Gasteiger partial charge in [0.15, 0.2) is 0 Å². The monoisotopic (exact) mass is 525 g/mol. The Morgan fingerprint density at radius 3 is 1.56 bits per heavy atom. The van der Waals surface area contributed by atoms with Crippen LogP contribution in [0, 0.1) is 0 Å². The number of rotatable bonds is 2. The Bertz CT molecular complexity index is 1870. The number of nitrogens with zero attached hydrogens (tertiary/aromatic N) is 1. The second-order valence-electron chi connectivity index (χ2n) is 10.9. The van der Waals surface area contributed by atoms with Crippen LogP contribution >= 0.6 is 0 Å². The highest BCUT2D eigenvalue weighted by Crippen LogP contribution is 2.52.